The molecule has 2 aliphatic rings. The monoisotopic (exact) mass is 456 g/mol. The minimum Gasteiger partial charge on any atom is -0.337 e. The van der Waals surface area contributed by atoms with Crippen LogP contribution in [0.25, 0.3) is 16.7 Å². The van der Waals surface area contributed by atoms with Crippen LogP contribution < -0.4 is 0 Å². The number of para-hydroxylation sites is 2. The number of nitrogens with zero attached hydrogens (tertiary/aromatic N) is 4. The molecule has 5 rings (SSSR count). The quantitative estimate of drug-likeness (QED) is 0.552. The standard InChI is InChI=1S/C25H27F3N4O/c1-16-29-22-8-3-4-9-23(22)32(16)18-10-11-20(21(14-18)25(26,27)28)24(33)30(2)19-12-13-31(15-19)17-6-5-7-17/h3-4,8-11,14,17,19H,5-7,12-13,15H2,1-2H3/t19-/m1/s1. The van der Waals surface area contributed by atoms with Crippen LogP contribution in [0, 0.1) is 6.92 Å². The van der Waals surface area contributed by atoms with Gasteiger partial charge in [0.2, 0.25) is 0 Å². The predicted molar refractivity (Wildman–Crippen MR) is 121 cm³/mol. The molecule has 1 aromatic heterocycles. The zero-order valence-corrected chi connectivity index (χ0v) is 18.8. The van der Waals surface area contributed by atoms with Crippen molar-refractivity contribution in [2.24, 2.45) is 0 Å². The molecule has 2 fully saturated rings. The second-order valence-corrected chi connectivity index (χ2v) is 9.15. The molecule has 3 aromatic rings. The van der Waals surface area contributed by atoms with E-state index in [-0.39, 0.29) is 11.6 Å². The number of likely N-dealkylation sites (tertiary alicyclic amines) is 1. The highest BCUT2D eigenvalue weighted by atomic mass is 19.4. The topological polar surface area (TPSA) is 41.4 Å². The van der Waals surface area contributed by atoms with E-state index in [0.29, 0.717) is 23.1 Å². The Balaban J connectivity index is 1.47. The van der Waals surface area contributed by atoms with Gasteiger partial charge in [0.1, 0.15) is 5.82 Å². The highest BCUT2D eigenvalue weighted by Gasteiger charge is 2.39. The van der Waals surface area contributed by atoms with Gasteiger partial charge < -0.3 is 4.90 Å². The summed E-state index contributed by atoms with van der Waals surface area (Å²) in [7, 11) is 1.62. The average molecular weight is 457 g/mol. The van der Waals surface area contributed by atoms with Crippen LogP contribution in [0.15, 0.2) is 42.5 Å². The molecule has 1 aliphatic heterocycles. The zero-order chi connectivity index (χ0) is 23.3. The van der Waals surface area contributed by atoms with Crippen molar-refractivity contribution in [1.29, 1.82) is 0 Å². The summed E-state index contributed by atoms with van der Waals surface area (Å²) in [6.45, 7) is 3.38. The van der Waals surface area contributed by atoms with Gasteiger partial charge in [0, 0.05) is 37.9 Å². The van der Waals surface area contributed by atoms with Crippen molar-refractivity contribution in [1.82, 2.24) is 19.4 Å². The normalized spacial score (nSPS) is 19.7. The van der Waals surface area contributed by atoms with Gasteiger partial charge in [-0.3, -0.25) is 14.3 Å². The van der Waals surface area contributed by atoms with Crippen LogP contribution in [-0.2, 0) is 6.18 Å². The molecule has 1 aliphatic carbocycles. The van der Waals surface area contributed by atoms with Gasteiger partial charge in [0.05, 0.1) is 22.2 Å². The summed E-state index contributed by atoms with van der Waals surface area (Å²) in [6.07, 6.45) is -0.287. The fourth-order valence-electron chi connectivity index (χ4n) is 5.09. The Labute approximate surface area is 190 Å². The first kappa shape index (κ1) is 21.9. The Bertz CT molecular complexity index is 1200. The van der Waals surface area contributed by atoms with Crippen LogP contribution in [-0.4, -0.2) is 57.5 Å². The lowest BCUT2D eigenvalue weighted by Gasteiger charge is -2.35. The number of amides is 1. The van der Waals surface area contributed by atoms with Crippen LogP contribution in [0.4, 0.5) is 13.2 Å². The Morgan fingerprint density at radius 3 is 2.58 bits per heavy atom. The van der Waals surface area contributed by atoms with Crippen LogP contribution in [0.2, 0.25) is 0 Å². The molecule has 0 unspecified atom stereocenters. The average Bonchev–Trinajstić information content (AvgIpc) is 3.34. The van der Waals surface area contributed by atoms with E-state index in [2.05, 4.69) is 9.88 Å². The van der Waals surface area contributed by atoms with E-state index >= 15 is 0 Å². The summed E-state index contributed by atoms with van der Waals surface area (Å²) < 4.78 is 44.0. The van der Waals surface area contributed by atoms with Crippen molar-refractivity contribution >= 4 is 16.9 Å². The maximum atomic E-state index is 14.1. The summed E-state index contributed by atoms with van der Waals surface area (Å²) in [5, 5.41) is 0. The van der Waals surface area contributed by atoms with E-state index in [9.17, 15) is 18.0 Å². The molecule has 0 N–H and O–H groups in total. The third-order valence-electron chi connectivity index (χ3n) is 7.18. The minimum absolute atomic E-state index is 0.0707. The van der Waals surface area contributed by atoms with E-state index in [1.807, 2.05) is 24.3 Å². The molecule has 1 saturated heterocycles. The second kappa shape index (κ2) is 8.17. The number of hydrogen-bond donors (Lipinski definition) is 0. The molecule has 174 valence electrons. The van der Waals surface area contributed by atoms with Gasteiger partial charge >= 0.3 is 6.18 Å². The van der Waals surface area contributed by atoms with Crippen molar-refractivity contribution in [3.63, 3.8) is 0 Å². The van der Waals surface area contributed by atoms with E-state index in [1.165, 1.54) is 30.2 Å². The van der Waals surface area contributed by atoms with Crippen molar-refractivity contribution in [3.8, 4) is 5.69 Å². The van der Waals surface area contributed by atoms with E-state index in [1.54, 1.807) is 24.6 Å². The lowest BCUT2D eigenvalue weighted by Crippen LogP contribution is -2.43. The van der Waals surface area contributed by atoms with Crippen molar-refractivity contribution in [2.75, 3.05) is 20.1 Å². The number of aryl methyl sites for hydroxylation is 1. The molecule has 1 saturated carbocycles. The zero-order valence-electron chi connectivity index (χ0n) is 18.8. The molecule has 2 aromatic carbocycles. The van der Waals surface area contributed by atoms with Gasteiger partial charge in [-0.05, 0) is 56.5 Å². The molecule has 1 amide bonds. The van der Waals surface area contributed by atoms with Crippen LogP contribution in [0.5, 0.6) is 0 Å². The lowest BCUT2D eigenvalue weighted by atomic mass is 9.92. The Morgan fingerprint density at radius 2 is 1.88 bits per heavy atom. The molecule has 0 bridgehead atoms. The molecular formula is C25H27F3N4O. The number of carbonyl (C=O) groups is 1. The fourth-order valence-corrected chi connectivity index (χ4v) is 5.09. The first-order valence-electron chi connectivity index (χ1n) is 11.4. The second-order valence-electron chi connectivity index (χ2n) is 9.15. The Kier molecular flexibility index (Phi) is 5.43. The molecular weight excluding hydrogens is 429 g/mol. The first-order valence-corrected chi connectivity index (χ1v) is 11.4. The predicted octanol–water partition coefficient (Wildman–Crippen LogP) is 5.05. The highest BCUT2D eigenvalue weighted by Crippen LogP contribution is 2.36. The number of carbonyl (C=O) groups excluding carboxylic acids is 1. The lowest BCUT2D eigenvalue weighted by molar-refractivity contribution is -0.138. The van der Waals surface area contributed by atoms with E-state index < -0.39 is 17.6 Å². The van der Waals surface area contributed by atoms with Gasteiger partial charge in [0.25, 0.3) is 5.91 Å². The molecule has 1 atom stereocenters. The third kappa shape index (κ3) is 3.90. The third-order valence-corrected chi connectivity index (χ3v) is 7.18. The number of benzene rings is 2. The molecule has 0 spiro atoms. The molecule has 33 heavy (non-hydrogen) atoms. The van der Waals surface area contributed by atoms with Crippen LogP contribution >= 0.6 is 0 Å². The summed E-state index contributed by atoms with van der Waals surface area (Å²) in [5.74, 6) is 0.00380. The maximum Gasteiger partial charge on any atom is 0.417 e. The van der Waals surface area contributed by atoms with Crippen molar-refractivity contribution in [3.05, 3.63) is 59.4 Å². The minimum atomic E-state index is -4.65. The van der Waals surface area contributed by atoms with E-state index in [0.717, 1.165) is 31.1 Å². The molecule has 8 heteroatoms. The van der Waals surface area contributed by atoms with Gasteiger partial charge in [0.15, 0.2) is 0 Å². The smallest absolute Gasteiger partial charge is 0.337 e. The first-order chi connectivity index (χ1) is 15.7. The number of imidazole rings is 1. The largest absolute Gasteiger partial charge is 0.417 e. The number of aromatic nitrogens is 2. The van der Waals surface area contributed by atoms with Crippen LogP contribution in [0.3, 0.4) is 0 Å². The number of fused-ring (bicyclic) bond motifs is 1. The number of rotatable bonds is 4. The summed E-state index contributed by atoms with van der Waals surface area (Å²) in [4.78, 5) is 21.6. The fraction of sp³-hybridized carbons (Fsp3) is 0.440. The van der Waals surface area contributed by atoms with Gasteiger partial charge in [-0.2, -0.15) is 13.2 Å². The molecule has 5 nitrogen and oxygen atoms in total. The summed E-state index contributed by atoms with van der Waals surface area (Å²) in [5.41, 5.74) is 0.549. The summed E-state index contributed by atoms with van der Waals surface area (Å²) >= 11 is 0. The Morgan fingerprint density at radius 1 is 1.12 bits per heavy atom. The van der Waals surface area contributed by atoms with Gasteiger partial charge in [-0.25, -0.2) is 4.98 Å². The maximum absolute atomic E-state index is 14.1. The van der Waals surface area contributed by atoms with Crippen LogP contribution in [0.1, 0.15) is 47.4 Å². The summed E-state index contributed by atoms with van der Waals surface area (Å²) in [6, 6.07) is 11.8. The van der Waals surface area contributed by atoms with Gasteiger partial charge in [-0.15, -0.1) is 0 Å². The van der Waals surface area contributed by atoms with E-state index in [4.69, 9.17) is 0 Å². The number of hydrogen-bond acceptors (Lipinski definition) is 3. The molecule has 2 heterocycles. The highest BCUT2D eigenvalue weighted by molar-refractivity contribution is 5.96. The van der Waals surface area contributed by atoms with Crippen molar-refractivity contribution < 1.29 is 18.0 Å². The SMILES string of the molecule is Cc1nc2ccccc2n1-c1ccc(C(=O)N(C)[C@@H]2CCN(C3CCC3)C2)c(C(F)(F)F)c1. The molecule has 0 radical (unpaired) electrons. The number of likely N-dealkylation sites (N-methyl/N-ethyl adjacent to an activating group) is 1. The number of halogens is 3. The van der Waals surface area contributed by atoms with Gasteiger partial charge in [-0.1, -0.05) is 18.6 Å². The number of alkyl halides is 3. The van der Waals surface area contributed by atoms with Crippen molar-refractivity contribution in [2.45, 2.75) is 50.9 Å². The Hall–Kier alpha value is -2.87.